The summed E-state index contributed by atoms with van der Waals surface area (Å²) in [7, 11) is 0. The molecule has 2 amide bonds. The predicted molar refractivity (Wildman–Crippen MR) is 71.6 cm³/mol. The number of nitrogens with zero attached hydrogens (tertiary/aromatic N) is 1. The lowest BCUT2D eigenvalue weighted by Crippen LogP contribution is -2.29. The molecule has 0 saturated carbocycles. The normalized spacial score (nSPS) is 10.2. The molecular weight excluding hydrogens is 260 g/mol. The van der Waals surface area contributed by atoms with Crippen LogP contribution in [0.3, 0.4) is 0 Å². The molecule has 0 spiro atoms. The average molecular weight is 273 g/mol. The van der Waals surface area contributed by atoms with Crippen LogP contribution in [-0.4, -0.2) is 26.9 Å². The number of amides is 2. The first-order chi connectivity index (χ1) is 9.54. The van der Waals surface area contributed by atoms with Crippen molar-refractivity contribution in [3.05, 3.63) is 48.1 Å². The first-order valence-corrected chi connectivity index (χ1v) is 5.82. The number of phenols is 1. The van der Waals surface area contributed by atoms with E-state index in [-0.39, 0.29) is 11.7 Å². The quantitative estimate of drug-likeness (QED) is 0.600. The summed E-state index contributed by atoms with van der Waals surface area (Å²) in [6.45, 7) is 0. The van der Waals surface area contributed by atoms with Crippen LogP contribution < -0.4 is 11.1 Å². The summed E-state index contributed by atoms with van der Waals surface area (Å²) >= 11 is 0. The Morgan fingerprint density at radius 3 is 2.70 bits per heavy atom. The van der Waals surface area contributed by atoms with Crippen LogP contribution in [0.2, 0.25) is 0 Å². The van der Waals surface area contributed by atoms with Gasteiger partial charge in [-0.2, -0.15) is 0 Å². The molecule has 5 N–H and O–H groups in total. The van der Waals surface area contributed by atoms with Crippen LogP contribution >= 0.6 is 0 Å². The Hall–Kier alpha value is -2.83. The molecule has 2 aromatic rings. The van der Waals surface area contributed by atoms with Crippen LogP contribution in [0.4, 0.5) is 5.95 Å². The number of benzene rings is 1. The van der Waals surface area contributed by atoms with Crippen molar-refractivity contribution < 1.29 is 14.7 Å². The number of carbonyl (C=O) groups is 2. The fourth-order valence-electron chi connectivity index (χ4n) is 1.53. The van der Waals surface area contributed by atoms with E-state index < -0.39 is 11.8 Å². The zero-order valence-corrected chi connectivity index (χ0v) is 10.5. The number of rotatable bonds is 4. The Morgan fingerprint density at radius 1 is 1.35 bits per heavy atom. The second-order valence-corrected chi connectivity index (χ2v) is 4.07. The van der Waals surface area contributed by atoms with Crippen molar-refractivity contribution in [2.45, 2.75) is 6.42 Å². The second-order valence-electron chi connectivity index (χ2n) is 4.07. The summed E-state index contributed by atoms with van der Waals surface area (Å²) in [6, 6.07) is 6.81. The lowest BCUT2D eigenvalue weighted by atomic mass is 10.1. The van der Waals surface area contributed by atoms with Gasteiger partial charge in [0.15, 0.2) is 0 Å². The number of hydrogen-bond donors (Lipinski definition) is 4. The lowest BCUT2D eigenvalue weighted by molar-refractivity contribution is -0.134. The predicted octanol–water partition coefficient (Wildman–Crippen LogP) is 0.334. The van der Waals surface area contributed by atoms with Crippen LogP contribution in [-0.2, 0) is 16.0 Å². The molecule has 0 atom stereocenters. The molecule has 1 aromatic heterocycles. The molecule has 0 saturated heterocycles. The van der Waals surface area contributed by atoms with Gasteiger partial charge in [-0.3, -0.25) is 14.9 Å². The van der Waals surface area contributed by atoms with E-state index >= 15 is 0 Å². The third kappa shape index (κ3) is 3.58. The SMILES string of the molecule is NC(=O)C(=O)Nc1nc([CH]Cc2ccc(O)cc2)c[nH]1. The third-order valence-electron chi connectivity index (χ3n) is 2.54. The highest BCUT2D eigenvalue weighted by atomic mass is 16.3. The van der Waals surface area contributed by atoms with Gasteiger partial charge in [0.25, 0.3) is 0 Å². The largest absolute Gasteiger partial charge is 0.508 e. The van der Waals surface area contributed by atoms with E-state index in [1.165, 1.54) is 0 Å². The van der Waals surface area contributed by atoms with Gasteiger partial charge in [-0.05, 0) is 24.1 Å². The van der Waals surface area contributed by atoms with E-state index in [0.29, 0.717) is 12.1 Å². The molecule has 1 aromatic carbocycles. The van der Waals surface area contributed by atoms with Crippen molar-refractivity contribution in [2.24, 2.45) is 5.73 Å². The minimum atomic E-state index is -1.07. The number of hydrogen-bond acceptors (Lipinski definition) is 4. The van der Waals surface area contributed by atoms with E-state index in [4.69, 9.17) is 10.8 Å². The summed E-state index contributed by atoms with van der Waals surface area (Å²) in [6.07, 6.45) is 4.05. The zero-order chi connectivity index (χ0) is 14.5. The smallest absolute Gasteiger partial charge is 0.315 e. The van der Waals surface area contributed by atoms with E-state index in [1.54, 1.807) is 30.5 Å². The van der Waals surface area contributed by atoms with E-state index in [9.17, 15) is 9.59 Å². The van der Waals surface area contributed by atoms with Crippen molar-refractivity contribution >= 4 is 17.8 Å². The maximum absolute atomic E-state index is 11.1. The van der Waals surface area contributed by atoms with Crippen LogP contribution in [0.15, 0.2) is 30.5 Å². The highest BCUT2D eigenvalue weighted by Crippen LogP contribution is 2.13. The first-order valence-electron chi connectivity index (χ1n) is 5.82. The molecule has 7 nitrogen and oxygen atoms in total. The molecule has 1 heterocycles. The number of phenolic OH excluding ortho intramolecular Hbond substituents is 1. The topological polar surface area (TPSA) is 121 Å². The highest BCUT2D eigenvalue weighted by molar-refractivity contribution is 6.38. The molecule has 0 aliphatic rings. The summed E-state index contributed by atoms with van der Waals surface area (Å²) in [4.78, 5) is 28.4. The van der Waals surface area contributed by atoms with Gasteiger partial charge in [-0.15, -0.1) is 0 Å². The van der Waals surface area contributed by atoms with E-state index in [2.05, 4.69) is 15.3 Å². The number of nitrogens with one attached hydrogen (secondary N) is 2. The fourth-order valence-corrected chi connectivity index (χ4v) is 1.53. The average Bonchev–Trinajstić information content (AvgIpc) is 2.85. The monoisotopic (exact) mass is 273 g/mol. The van der Waals surface area contributed by atoms with Gasteiger partial charge < -0.3 is 15.8 Å². The maximum atomic E-state index is 11.1. The molecule has 0 fully saturated rings. The molecular formula is C13H13N4O3. The summed E-state index contributed by atoms with van der Waals surface area (Å²) in [5.74, 6) is -1.63. The summed E-state index contributed by atoms with van der Waals surface area (Å²) < 4.78 is 0. The number of imidazole rings is 1. The van der Waals surface area contributed by atoms with Gasteiger partial charge in [-0.25, -0.2) is 4.98 Å². The van der Waals surface area contributed by atoms with E-state index in [0.717, 1.165) is 5.56 Å². The second kappa shape index (κ2) is 5.87. The number of anilines is 1. The standard InChI is InChI=1S/C13H13N4O3/c14-11(19)12(20)17-13-15-7-9(16-13)4-1-8-2-5-10(18)6-3-8/h2-7,18H,1H2,(H2,14,19)(H2,15,16,17,20). The molecule has 0 unspecified atom stereocenters. The molecule has 2 rings (SSSR count). The van der Waals surface area contributed by atoms with Crippen molar-refractivity contribution in [2.75, 3.05) is 5.32 Å². The maximum Gasteiger partial charge on any atom is 0.315 e. The van der Waals surface area contributed by atoms with Gasteiger partial charge >= 0.3 is 11.8 Å². The fraction of sp³-hybridized carbons (Fsp3) is 0.0769. The first kappa shape index (κ1) is 13.6. The molecule has 7 heteroatoms. The molecule has 103 valence electrons. The van der Waals surface area contributed by atoms with Crippen LogP contribution in [0, 0.1) is 6.42 Å². The molecule has 0 bridgehead atoms. The number of aromatic hydroxyl groups is 1. The zero-order valence-electron chi connectivity index (χ0n) is 10.5. The highest BCUT2D eigenvalue weighted by Gasteiger charge is 2.11. The van der Waals surface area contributed by atoms with Crippen LogP contribution in [0.25, 0.3) is 0 Å². The lowest BCUT2D eigenvalue weighted by Gasteiger charge is -1.99. The van der Waals surface area contributed by atoms with Gasteiger partial charge in [0.2, 0.25) is 5.95 Å². The van der Waals surface area contributed by atoms with E-state index in [1.807, 2.05) is 6.42 Å². The molecule has 1 radical (unpaired) electrons. The Morgan fingerprint density at radius 2 is 2.05 bits per heavy atom. The minimum absolute atomic E-state index is 0.158. The number of aromatic nitrogens is 2. The van der Waals surface area contributed by atoms with Crippen molar-refractivity contribution in [3.8, 4) is 5.75 Å². The molecule has 0 aliphatic carbocycles. The summed E-state index contributed by atoms with van der Waals surface area (Å²) in [5, 5.41) is 11.4. The number of primary amides is 1. The number of nitrogens with two attached hydrogens (primary N) is 1. The van der Waals surface area contributed by atoms with Gasteiger partial charge in [0, 0.05) is 12.6 Å². The number of carbonyl (C=O) groups excluding carboxylic acids is 2. The van der Waals surface area contributed by atoms with Crippen molar-refractivity contribution in [1.82, 2.24) is 9.97 Å². The number of aromatic amines is 1. The minimum Gasteiger partial charge on any atom is -0.508 e. The van der Waals surface area contributed by atoms with Crippen molar-refractivity contribution in [3.63, 3.8) is 0 Å². The van der Waals surface area contributed by atoms with Crippen molar-refractivity contribution in [1.29, 1.82) is 0 Å². The van der Waals surface area contributed by atoms with Gasteiger partial charge in [-0.1, -0.05) is 12.1 Å². The Labute approximate surface area is 114 Å². The van der Waals surface area contributed by atoms with Crippen LogP contribution in [0.5, 0.6) is 5.75 Å². The van der Waals surface area contributed by atoms with Crippen LogP contribution in [0.1, 0.15) is 11.3 Å². The van der Waals surface area contributed by atoms with Gasteiger partial charge in [0.05, 0.1) is 5.69 Å². The Bertz CT molecular complexity index is 619. The molecule has 0 aliphatic heterocycles. The third-order valence-corrected chi connectivity index (χ3v) is 2.54. The summed E-state index contributed by atoms with van der Waals surface area (Å²) in [5.41, 5.74) is 6.45. The molecule has 20 heavy (non-hydrogen) atoms. The van der Waals surface area contributed by atoms with Gasteiger partial charge in [0.1, 0.15) is 5.75 Å². The number of H-pyrrole nitrogens is 1. The Kier molecular flexibility index (Phi) is 3.99. The Balaban J connectivity index is 1.91.